The van der Waals surface area contributed by atoms with Gasteiger partial charge in [-0.15, -0.1) is 10.2 Å². The van der Waals surface area contributed by atoms with E-state index >= 15 is 0 Å². The highest BCUT2D eigenvalue weighted by Crippen LogP contribution is 2.21. The van der Waals surface area contributed by atoms with Crippen LogP contribution in [0, 0.1) is 12.7 Å². The number of halogens is 2. The Labute approximate surface area is 151 Å². The Morgan fingerprint density at radius 1 is 1.20 bits per heavy atom. The van der Waals surface area contributed by atoms with Crippen LogP contribution in [-0.2, 0) is 6.54 Å². The Kier molecular flexibility index (Phi) is 5.16. The molecule has 0 radical (unpaired) electrons. The Bertz CT molecular complexity index is 860. The van der Waals surface area contributed by atoms with E-state index in [4.69, 9.17) is 16.0 Å². The minimum absolute atomic E-state index is 0.0956. The quantitative estimate of drug-likeness (QED) is 0.755. The summed E-state index contributed by atoms with van der Waals surface area (Å²) < 4.78 is 19.8. The van der Waals surface area contributed by atoms with Gasteiger partial charge in [-0.1, -0.05) is 35.4 Å². The summed E-state index contributed by atoms with van der Waals surface area (Å²) in [5.74, 6) is 0.703. The van der Waals surface area contributed by atoms with E-state index in [1.807, 2.05) is 45.2 Å². The predicted octanol–water partition coefficient (Wildman–Crippen LogP) is 3.61. The van der Waals surface area contributed by atoms with E-state index in [1.165, 1.54) is 6.07 Å². The highest BCUT2D eigenvalue weighted by atomic mass is 35.5. The van der Waals surface area contributed by atoms with Gasteiger partial charge in [-0.2, -0.15) is 0 Å². The molecule has 1 unspecified atom stereocenters. The summed E-state index contributed by atoms with van der Waals surface area (Å²) >= 11 is 6.12. The normalized spacial score (nSPS) is 13.6. The molecule has 130 valence electrons. The highest BCUT2D eigenvalue weighted by Gasteiger charge is 2.24. The van der Waals surface area contributed by atoms with E-state index in [9.17, 15) is 4.39 Å². The fourth-order valence-electron chi connectivity index (χ4n) is 2.65. The van der Waals surface area contributed by atoms with Crippen molar-refractivity contribution in [3.8, 4) is 11.5 Å². The molecule has 25 heavy (non-hydrogen) atoms. The number of aryl methyl sites for hydroxylation is 1. The lowest BCUT2D eigenvalue weighted by atomic mass is 10.1. The van der Waals surface area contributed by atoms with Crippen LogP contribution in [-0.4, -0.2) is 17.2 Å². The first-order valence-electron chi connectivity index (χ1n) is 8.11. The lowest BCUT2D eigenvalue weighted by Crippen LogP contribution is -3.07. The molecular weight excluding hydrogens is 341 g/mol. The van der Waals surface area contributed by atoms with Gasteiger partial charge in [-0.3, -0.25) is 0 Å². The number of benzene rings is 2. The molecule has 1 aromatic heterocycles. The molecular formula is C19H20ClFN3O+. The summed E-state index contributed by atoms with van der Waals surface area (Å²) in [6.07, 6.45) is 0. The van der Waals surface area contributed by atoms with Gasteiger partial charge in [0.15, 0.2) is 6.04 Å². The SMILES string of the molecule is Cc1cccc(-c2nnc([C@H](C)[NH+](C)Cc3c(F)cccc3Cl)o2)c1. The fraction of sp³-hybridized carbons (Fsp3) is 0.263. The molecule has 0 fully saturated rings. The lowest BCUT2D eigenvalue weighted by molar-refractivity contribution is -0.925. The third kappa shape index (κ3) is 3.89. The number of nitrogens with zero attached hydrogens (tertiary/aromatic N) is 2. The van der Waals surface area contributed by atoms with Gasteiger partial charge in [-0.25, -0.2) is 4.39 Å². The summed E-state index contributed by atoms with van der Waals surface area (Å²) in [5, 5.41) is 8.74. The third-order valence-electron chi connectivity index (χ3n) is 4.33. The predicted molar refractivity (Wildman–Crippen MR) is 94.9 cm³/mol. The zero-order valence-corrected chi connectivity index (χ0v) is 15.1. The molecule has 1 N–H and O–H groups in total. The molecule has 4 nitrogen and oxygen atoms in total. The van der Waals surface area contributed by atoms with Crippen molar-refractivity contribution in [3.05, 3.63) is 70.3 Å². The molecule has 0 aliphatic carbocycles. The maximum absolute atomic E-state index is 14.0. The molecule has 2 atom stereocenters. The average molecular weight is 361 g/mol. The van der Waals surface area contributed by atoms with Crippen LogP contribution in [0.15, 0.2) is 46.9 Å². The monoisotopic (exact) mass is 360 g/mol. The molecule has 0 spiro atoms. The Hall–Kier alpha value is -2.24. The molecule has 0 bridgehead atoms. The number of aromatic nitrogens is 2. The van der Waals surface area contributed by atoms with Crippen LogP contribution < -0.4 is 4.90 Å². The van der Waals surface area contributed by atoms with E-state index in [0.29, 0.717) is 28.9 Å². The molecule has 2 aromatic carbocycles. The third-order valence-corrected chi connectivity index (χ3v) is 4.69. The topological polar surface area (TPSA) is 43.4 Å². The van der Waals surface area contributed by atoms with E-state index in [1.54, 1.807) is 12.1 Å². The fourth-order valence-corrected chi connectivity index (χ4v) is 2.88. The standard InChI is InChI=1S/C19H19ClFN3O/c1-12-6-4-7-14(10-12)19-23-22-18(25-19)13(2)24(3)11-15-16(20)8-5-9-17(15)21/h4-10,13H,11H2,1-3H3/p+1/t13-/m0/s1. The van der Waals surface area contributed by atoms with Gasteiger partial charge >= 0.3 is 0 Å². The molecule has 0 amide bonds. The van der Waals surface area contributed by atoms with Gasteiger partial charge in [0.1, 0.15) is 12.4 Å². The van der Waals surface area contributed by atoms with Crippen LogP contribution in [0.2, 0.25) is 5.02 Å². The van der Waals surface area contributed by atoms with Gasteiger partial charge in [0.25, 0.3) is 5.89 Å². The molecule has 0 aliphatic rings. The van der Waals surface area contributed by atoms with Crippen LogP contribution in [0.1, 0.15) is 30.0 Å². The molecule has 1 heterocycles. The highest BCUT2D eigenvalue weighted by molar-refractivity contribution is 6.31. The molecule has 0 saturated carbocycles. The van der Waals surface area contributed by atoms with Crippen molar-refractivity contribution in [1.29, 1.82) is 0 Å². The summed E-state index contributed by atoms with van der Waals surface area (Å²) in [5.41, 5.74) is 2.51. The van der Waals surface area contributed by atoms with Gasteiger partial charge in [0, 0.05) is 5.56 Å². The van der Waals surface area contributed by atoms with E-state index in [2.05, 4.69) is 10.2 Å². The number of hydrogen-bond acceptors (Lipinski definition) is 3. The Morgan fingerprint density at radius 3 is 2.68 bits per heavy atom. The Balaban J connectivity index is 1.78. The molecule has 6 heteroatoms. The van der Waals surface area contributed by atoms with Crippen LogP contribution >= 0.6 is 11.6 Å². The van der Waals surface area contributed by atoms with Crippen molar-refractivity contribution < 1.29 is 13.7 Å². The first-order chi connectivity index (χ1) is 12.0. The Morgan fingerprint density at radius 2 is 1.96 bits per heavy atom. The number of hydrogen-bond donors (Lipinski definition) is 1. The van der Waals surface area contributed by atoms with Crippen LogP contribution in [0.5, 0.6) is 0 Å². The maximum atomic E-state index is 14.0. The van der Waals surface area contributed by atoms with Crippen LogP contribution in [0.25, 0.3) is 11.5 Å². The van der Waals surface area contributed by atoms with Crippen molar-refractivity contribution in [3.63, 3.8) is 0 Å². The van der Waals surface area contributed by atoms with Gasteiger partial charge in [0.2, 0.25) is 5.89 Å². The number of rotatable bonds is 5. The zero-order chi connectivity index (χ0) is 18.0. The first kappa shape index (κ1) is 17.6. The lowest BCUT2D eigenvalue weighted by Gasteiger charge is -2.19. The van der Waals surface area contributed by atoms with Crippen LogP contribution in [0.4, 0.5) is 4.39 Å². The van der Waals surface area contributed by atoms with E-state index in [0.717, 1.165) is 16.0 Å². The summed E-state index contributed by atoms with van der Waals surface area (Å²) in [4.78, 5) is 1.01. The first-order valence-corrected chi connectivity index (χ1v) is 8.49. The van der Waals surface area contributed by atoms with Gasteiger partial charge < -0.3 is 9.32 Å². The number of quaternary nitrogens is 1. The van der Waals surface area contributed by atoms with Crippen molar-refractivity contribution >= 4 is 11.6 Å². The van der Waals surface area contributed by atoms with Gasteiger partial charge in [-0.05, 0) is 38.1 Å². The molecule has 3 rings (SSSR count). The zero-order valence-electron chi connectivity index (χ0n) is 14.4. The smallest absolute Gasteiger partial charge is 0.274 e. The molecule has 0 aliphatic heterocycles. The minimum Gasteiger partial charge on any atom is -0.415 e. The second-order valence-corrected chi connectivity index (χ2v) is 6.67. The second kappa shape index (κ2) is 7.33. The minimum atomic E-state index is -0.301. The second-order valence-electron chi connectivity index (χ2n) is 6.26. The van der Waals surface area contributed by atoms with Crippen molar-refractivity contribution in [2.75, 3.05) is 7.05 Å². The summed E-state index contributed by atoms with van der Waals surface area (Å²) in [6, 6.07) is 12.5. The maximum Gasteiger partial charge on any atom is 0.274 e. The van der Waals surface area contributed by atoms with E-state index in [-0.39, 0.29) is 11.9 Å². The van der Waals surface area contributed by atoms with E-state index < -0.39 is 0 Å². The van der Waals surface area contributed by atoms with Crippen LogP contribution in [0.3, 0.4) is 0 Å². The largest absolute Gasteiger partial charge is 0.415 e. The van der Waals surface area contributed by atoms with Gasteiger partial charge in [0.05, 0.1) is 17.6 Å². The van der Waals surface area contributed by atoms with Crippen molar-refractivity contribution in [2.45, 2.75) is 26.4 Å². The summed E-state index contributed by atoms with van der Waals surface area (Å²) in [7, 11) is 1.95. The van der Waals surface area contributed by atoms with Crippen molar-refractivity contribution in [2.24, 2.45) is 0 Å². The molecule has 0 saturated heterocycles. The summed E-state index contributed by atoms with van der Waals surface area (Å²) in [6.45, 7) is 4.41. The average Bonchev–Trinajstić information content (AvgIpc) is 3.07. The van der Waals surface area contributed by atoms with Crippen molar-refractivity contribution in [1.82, 2.24) is 10.2 Å². The number of nitrogens with one attached hydrogen (secondary N) is 1. The molecule has 3 aromatic rings.